The Bertz CT molecular complexity index is 1790. The van der Waals surface area contributed by atoms with Crippen LogP contribution in [0.5, 0.6) is 5.75 Å². The largest absolute Gasteiger partial charge is 0.494 e. The highest BCUT2D eigenvalue weighted by atomic mass is 79.9. The van der Waals surface area contributed by atoms with Crippen LogP contribution in [0.2, 0.25) is 0 Å². The number of nitrogens with zero attached hydrogens (tertiary/aromatic N) is 6. The van der Waals surface area contributed by atoms with Crippen LogP contribution in [0.3, 0.4) is 0 Å². The molecule has 13 heteroatoms. The molecule has 0 bridgehead atoms. The van der Waals surface area contributed by atoms with Gasteiger partial charge in [0.15, 0.2) is 0 Å². The lowest BCUT2D eigenvalue weighted by molar-refractivity contribution is 0.150. The number of aromatic nitrogens is 4. The van der Waals surface area contributed by atoms with Gasteiger partial charge in [-0.05, 0) is 72.3 Å². The van der Waals surface area contributed by atoms with E-state index in [-0.39, 0.29) is 0 Å². The highest BCUT2D eigenvalue weighted by molar-refractivity contribution is 9.10. The maximum atomic E-state index is 13.6. The minimum absolute atomic E-state index is 0.412. The highest BCUT2D eigenvalue weighted by Gasteiger charge is 2.27. The van der Waals surface area contributed by atoms with Gasteiger partial charge in [-0.25, -0.2) is 15.0 Å². The van der Waals surface area contributed by atoms with Crippen molar-refractivity contribution in [2.24, 2.45) is 0 Å². The molecular weight excluding hydrogens is 677 g/mol. The van der Waals surface area contributed by atoms with Crippen molar-refractivity contribution >= 4 is 68.1 Å². The number of ether oxygens (including phenoxy) is 1. The molecule has 2 aromatic heterocycles. The summed E-state index contributed by atoms with van der Waals surface area (Å²) in [5.74, 6) is 2.45. The molecule has 2 aliphatic rings. The van der Waals surface area contributed by atoms with E-state index < -0.39 is 7.14 Å². The maximum Gasteiger partial charge on any atom is 0.229 e. The Balaban J connectivity index is 1.25. The molecule has 2 aliphatic heterocycles. The molecule has 0 atom stereocenters. The summed E-state index contributed by atoms with van der Waals surface area (Å²) in [5, 5.41) is 11.8. The fourth-order valence-electron chi connectivity index (χ4n) is 6.72. The van der Waals surface area contributed by atoms with Crippen LogP contribution in [0.25, 0.3) is 10.9 Å². The monoisotopic (exact) mass is 721 g/mol. The Hall–Kier alpha value is -3.31. The number of nitrogens with one attached hydrogen (secondary N) is 3. The van der Waals surface area contributed by atoms with E-state index in [0.717, 1.165) is 80.3 Å². The Morgan fingerprint density at radius 2 is 1.74 bits per heavy atom. The van der Waals surface area contributed by atoms with Gasteiger partial charge in [0.25, 0.3) is 0 Å². The molecule has 11 nitrogen and oxygen atoms in total. The first-order chi connectivity index (χ1) is 22.7. The van der Waals surface area contributed by atoms with Crippen molar-refractivity contribution in [2.45, 2.75) is 45.6 Å². The first-order valence-corrected chi connectivity index (χ1v) is 19.9. The average molecular weight is 723 g/mol. The zero-order valence-corrected chi connectivity index (χ0v) is 30.4. The van der Waals surface area contributed by atoms with E-state index in [1.54, 1.807) is 32.8 Å². The molecule has 6 rings (SSSR count). The first-order valence-electron chi connectivity index (χ1n) is 16.5. The quantitative estimate of drug-likeness (QED) is 0.169. The van der Waals surface area contributed by atoms with Gasteiger partial charge in [-0.15, -0.1) is 0 Å². The van der Waals surface area contributed by atoms with Crippen molar-refractivity contribution in [1.29, 1.82) is 0 Å². The molecule has 250 valence electrons. The first kappa shape index (κ1) is 33.6. The van der Waals surface area contributed by atoms with Crippen LogP contribution in [0.1, 0.15) is 38.1 Å². The fraction of sp³-hybridized carbons (Fsp3) is 0.471. The van der Waals surface area contributed by atoms with E-state index in [0.29, 0.717) is 33.3 Å². The summed E-state index contributed by atoms with van der Waals surface area (Å²) < 4.78 is 20.1. The third-order valence-corrected chi connectivity index (χ3v) is 11.3. The molecule has 3 N–H and O–H groups in total. The molecule has 4 aromatic rings. The number of fused-ring (bicyclic) bond motifs is 1. The smallest absolute Gasteiger partial charge is 0.229 e. The SMILES string of the molecule is CCc1ncc2c(P(C)(C)=O)c(Nc3nc(Nc4cc(CC)c(N5CCC(N6CCNCC6)CC5)cc4OC)ncc3Br)ccc2n1. The zero-order chi connectivity index (χ0) is 33.1. The maximum absolute atomic E-state index is 13.6. The summed E-state index contributed by atoms with van der Waals surface area (Å²) in [6.45, 7) is 14.3. The van der Waals surface area contributed by atoms with Gasteiger partial charge in [0.1, 0.15) is 24.5 Å². The van der Waals surface area contributed by atoms with Crippen molar-refractivity contribution in [2.75, 3.05) is 75.2 Å². The second-order valence-electron chi connectivity index (χ2n) is 12.6. The molecule has 2 aromatic carbocycles. The number of rotatable bonds is 10. The molecule has 2 fully saturated rings. The topological polar surface area (TPSA) is 120 Å². The van der Waals surface area contributed by atoms with Crippen LogP contribution in [0.15, 0.2) is 41.1 Å². The van der Waals surface area contributed by atoms with Crippen LogP contribution < -0.4 is 30.9 Å². The molecule has 0 unspecified atom stereocenters. The van der Waals surface area contributed by atoms with Crippen LogP contribution >= 0.6 is 23.1 Å². The van der Waals surface area contributed by atoms with Crippen LogP contribution in [0.4, 0.5) is 28.8 Å². The van der Waals surface area contributed by atoms with Gasteiger partial charge in [0, 0.05) is 86.6 Å². The number of aryl methyl sites for hydroxylation is 2. The number of anilines is 5. The number of benzene rings is 2. The Kier molecular flexibility index (Phi) is 10.3. The highest BCUT2D eigenvalue weighted by Crippen LogP contribution is 2.42. The third kappa shape index (κ3) is 7.41. The van der Waals surface area contributed by atoms with Crippen LogP contribution in [0, 0.1) is 0 Å². The molecule has 47 heavy (non-hydrogen) atoms. The van der Waals surface area contributed by atoms with E-state index in [4.69, 9.17) is 9.72 Å². The number of methoxy groups -OCH3 is 1. The normalized spacial score (nSPS) is 16.4. The summed E-state index contributed by atoms with van der Waals surface area (Å²) >= 11 is 3.61. The second kappa shape index (κ2) is 14.4. The standard InChI is InChI=1S/C34H45BrN9O2P/c1-6-22-18-28(30(46-3)19-29(22)44-14-10-23(11-15-44)43-16-12-36-13-17-43)41-34-38-21-25(35)33(42-34)40-27-9-8-26-24(32(27)47(4,5)45)20-37-31(7-2)39-26/h8-9,18-21,23,36H,6-7,10-17H2,1-5H3,(H2,38,40,41,42). The van der Waals surface area contributed by atoms with Crippen LogP contribution in [-0.2, 0) is 17.4 Å². The van der Waals surface area contributed by atoms with Gasteiger partial charge in [0.2, 0.25) is 5.95 Å². The number of halogens is 1. The van der Waals surface area contributed by atoms with Gasteiger partial charge in [-0.3, -0.25) is 4.90 Å². The Labute approximate surface area is 285 Å². The van der Waals surface area contributed by atoms with Gasteiger partial charge < -0.3 is 30.2 Å². The Morgan fingerprint density at radius 1 is 0.979 bits per heavy atom. The van der Waals surface area contributed by atoms with E-state index in [1.807, 2.05) is 19.1 Å². The van der Waals surface area contributed by atoms with Crippen molar-refractivity contribution in [3.8, 4) is 5.75 Å². The summed E-state index contributed by atoms with van der Waals surface area (Å²) in [7, 11) is -1.03. The number of hydrogen-bond acceptors (Lipinski definition) is 11. The van der Waals surface area contributed by atoms with Crippen molar-refractivity contribution in [3.63, 3.8) is 0 Å². The molecule has 0 radical (unpaired) electrons. The van der Waals surface area contributed by atoms with Gasteiger partial charge in [-0.1, -0.05) is 13.8 Å². The van der Waals surface area contributed by atoms with Gasteiger partial charge >= 0.3 is 0 Å². The third-order valence-electron chi connectivity index (χ3n) is 9.14. The van der Waals surface area contributed by atoms with Gasteiger partial charge in [0.05, 0.1) is 28.5 Å². The van der Waals surface area contributed by atoms with Crippen molar-refractivity contribution in [3.05, 3.63) is 52.5 Å². The summed E-state index contributed by atoms with van der Waals surface area (Å²) in [4.78, 5) is 23.7. The number of hydrogen-bond donors (Lipinski definition) is 3. The fourth-order valence-corrected chi connectivity index (χ4v) is 8.47. The average Bonchev–Trinajstić information content (AvgIpc) is 3.09. The predicted octanol–water partition coefficient (Wildman–Crippen LogP) is 5.92. The summed E-state index contributed by atoms with van der Waals surface area (Å²) in [6, 6.07) is 8.81. The molecule has 0 spiro atoms. The predicted molar refractivity (Wildman–Crippen MR) is 196 cm³/mol. The molecular formula is C34H45BrN9O2P. The van der Waals surface area contributed by atoms with E-state index in [9.17, 15) is 4.57 Å². The molecule has 0 amide bonds. The van der Waals surface area contributed by atoms with Crippen molar-refractivity contribution in [1.82, 2.24) is 30.2 Å². The molecule has 2 saturated heterocycles. The Morgan fingerprint density at radius 3 is 2.43 bits per heavy atom. The summed E-state index contributed by atoms with van der Waals surface area (Å²) in [6.07, 6.45) is 7.45. The van der Waals surface area contributed by atoms with Gasteiger partial charge in [-0.2, -0.15) is 4.98 Å². The lowest BCUT2D eigenvalue weighted by atomic mass is 9.99. The zero-order valence-electron chi connectivity index (χ0n) is 27.9. The molecule has 4 heterocycles. The van der Waals surface area contributed by atoms with E-state index >= 15 is 0 Å². The number of piperazine rings is 1. The van der Waals surface area contributed by atoms with Crippen molar-refractivity contribution < 1.29 is 9.30 Å². The lowest BCUT2D eigenvalue weighted by Gasteiger charge is -2.41. The number of piperidine rings is 1. The van der Waals surface area contributed by atoms with Crippen LogP contribution in [-0.4, -0.2) is 90.6 Å². The molecule has 0 saturated carbocycles. The molecule has 0 aliphatic carbocycles. The minimum atomic E-state index is -2.73. The summed E-state index contributed by atoms with van der Waals surface area (Å²) in [5.41, 5.74) is 4.76. The lowest BCUT2D eigenvalue weighted by Crippen LogP contribution is -2.52. The van der Waals surface area contributed by atoms with E-state index in [2.05, 4.69) is 75.7 Å². The van der Waals surface area contributed by atoms with E-state index in [1.165, 1.54) is 24.1 Å². The second-order valence-corrected chi connectivity index (χ2v) is 16.6. The minimum Gasteiger partial charge on any atom is -0.494 e.